The van der Waals surface area contributed by atoms with Gasteiger partial charge in [-0.2, -0.15) is 0 Å². The third kappa shape index (κ3) is 6.08. The molecular weight excluding hydrogens is 210 g/mol. The van der Waals surface area contributed by atoms with Crippen LogP contribution in [0.15, 0.2) is 30.3 Å². The van der Waals surface area contributed by atoms with Crippen molar-refractivity contribution in [3.63, 3.8) is 0 Å². The lowest BCUT2D eigenvalue weighted by Crippen LogP contribution is -2.30. The van der Waals surface area contributed by atoms with Crippen LogP contribution in [0.25, 0.3) is 0 Å². The normalized spacial score (nSPS) is 16.6. The fourth-order valence-electron chi connectivity index (χ4n) is 2.13. The molecule has 1 fully saturated rings. The van der Waals surface area contributed by atoms with Crippen molar-refractivity contribution in [3.8, 4) is 0 Å². The minimum atomic E-state index is 0.851. The molecule has 1 saturated carbocycles. The van der Waals surface area contributed by atoms with Crippen LogP contribution in [-0.2, 0) is 0 Å². The van der Waals surface area contributed by atoms with Gasteiger partial charge in [-0.3, -0.25) is 0 Å². The summed E-state index contributed by atoms with van der Waals surface area (Å²) >= 11 is 0. The van der Waals surface area contributed by atoms with Gasteiger partial charge in [0.25, 0.3) is 0 Å². The summed E-state index contributed by atoms with van der Waals surface area (Å²) in [6.07, 6.45) is 7.17. The van der Waals surface area contributed by atoms with E-state index in [0.29, 0.717) is 0 Å². The van der Waals surface area contributed by atoms with Crippen LogP contribution in [0.4, 0.5) is 0 Å². The molecule has 1 aliphatic rings. The lowest BCUT2D eigenvalue weighted by molar-refractivity contribution is 0.380. The van der Waals surface area contributed by atoms with Crippen molar-refractivity contribution in [1.82, 2.24) is 5.32 Å². The summed E-state index contributed by atoms with van der Waals surface area (Å²) in [5.41, 5.74) is 0. The van der Waals surface area contributed by atoms with E-state index < -0.39 is 0 Å². The van der Waals surface area contributed by atoms with Crippen molar-refractivity contribution in [2.75, 3.05) is 6.54 Å². The van der Waals surface area contributed by atoms with Gasteiger partial charge in [-0.05, 0) is 19.4 Å². The molecule has 1 N–H and O–H groups in total. The van der Waals surface area contributed by atoms with Gasteiger partial charge in [-0.15, -0.1) is 0 Å². The fourth-order valence-corrected chi connectivity index (χ4v) is 2.51. The van der Waals surface area contributed by atoms with Gasteiger partial charge >= 0.3 is 0 Å². The van der Waals surface area contributed by atoms with E-state index in [9.17, 15) is 0 Å². The highest BCUT2D eigenvalue weighted by molar-refractivity contribution is 6.32. The second kappa shape index (κ2) is 8.54. The first-order chi connectivity index (χ1) is 7.83. The smallest absolute Gasteiger partial charge is 0.0384 e. The zero-order chi connectivity index (χ0) is 11.6. The van der Waals surface area contributed by atoms with Crippen molar-refractivity contribution >= 4 is 15.4 Å². The summed E-state index contributed by atoms with van der Waals surface area (Å²) in [7, 11) is 1.17. The maximum Gasteiger partial charge on any atom is 0.0384 e. The molecule has 1 aromatic rings. The molecule has 0 amide bonds. The molecular formula is C14H25NSi. The van der Waals surface area contributed by atoms with Crippen LogP contribution < -0.4 is 10.5 Å². The van der Waals surface area contributed by atoms with Gasteiger partial charge < -0.3 is 5.32 Å². The van der Waals surface area contributed by atoms with E-state index in [1.54, 1.807) is 0 Å². The van der Waals surface area contributed by atoms with Crippen molar-refractivity contribution < 1.29 is 0 Å². The number of benzene rings is 1. The van der Waals surface area contributed by atoms with E-state index in [-0.39, 0.29) is 0 Å². The van der Waals surface area contributed by atoms with Gasteiger partial charge in [0, 0.05) is 16.3 Å². The van der Waals surface area contributed by atoms with Gasteiger partial charge in [0.15, 0.2) is 0 Å². The van der Waals surface area contributed by atoms with Gasteiger partial charge in [-0.1, -0.05) is 61.7 Å². The summed E-state index contributed by atoms with van der Waals surface area (Å²) in [6.45, 7) is 3.33. The van der Waals surface area contributed by atoms with Gasteiger partial charge in [-0.25, -0.2) is 0 Å². The molecule has 0 aliphatic heterocycles. The first-order valence-corrected chi connectivity index (χ1v) is 7.58. The Morgan fingerprint density at radius 2 is 1.75 bits per heavy atom. The number of nitrogens with one attached hydrogen (secondary N) is 1. The Morgan fingerprint density at radius 3 is 2.19 bits per heavy atom. The van der Waals surface area contributed by atoms with Crippen LogP contribution >= 0.6 is 0 Å². The zero-order valence-corrected chi connectivity index (χ0v) is 12.7. The number of hydrogen-bond acceptors (Lipinski definition) is 1. The SMILES string of the molecule is CCNC1CCCCC1.[SiH3]c1ccccc1. The zero-order valence-electron chi connectivity index (χ0n) is 10.7. The standard InChI is InChI=1S/C8H17N.C6H8Si/c1-2-9-8-6-4-3-5-7-8;7-6-4-2-1-3-5-6/h8-9H,2-7H2,1H3;1-5H,7H3. The van der Waals surface area contributed by atoms with Crippen molar-refractivity contribution in [3.05, 3.63) is 30.3 Å². The quantitative estimate of drug-likeness (QED) is 0.768. The minimum Gasteiger partial charge on any atom is -0.314 e. The molecule has 0 bridgehead atoms. The Hall–Kier alpha value is -0.603. The van der Waals surface area contributed by atoms with E-state index in [4.69, 9.17) is 0 Å². The van der Waals surface area contributed by atoms with E-state index in [0.717, 1.165) is 12.6 Å². The predicted molar refractivity (Wildman–Crippen MR) is 76.6 cm³/mol. The fraction of sp³-hybridized carbons (Fsp3) is 0.571. The van der Waals surface area contributed by atoms with Crippen LogP contribution in [0.3, 0.4) is 0 Å². The molecule has 0 aromatic heterocycles. The van der Waals surface area contributed by atoms with Crippen molar-refractivity contribution in [1.29, 1.82) is 0 Å². The second-order valence-corrected chi connectivity index (χ2v) is 5.70. The lowest BCUT2D eigenvalue weighted by Gasteiger charge is -2.21. The highest BCUT2D eigenvalue weighted by Crippen LogP contribution is 2.16. The van der Waals surface area contributed by atoms with E-state index in [1.807, 2.05) is 6.07 Å². The highest BCUT2D eigenvalue weighted by Gasteiger charge is 2.10. The molecule has 1 aliphatic carbocycles. The molecule has 16 heavy (non-hydrogen) atoms. The van der Waals surface area contributed by atoms with E-state index >= 15 is 0 Å². The summed E-state index contributed by atoms with van der Waals surface area (Å²) < 4.78 is 0. The average molecular weight is 235 g/mol. The Bertz CT molecular complexity index is 252. The van der Waals surface area contributed by atoms with Crippen LogP contribution in [0.1, 0.15) is 39.0 Å². The molecule has 0 heterocycles. The molecule has 1 aromatic carbocycles. The minimum absolute atomic E-state index is 0.851. The maximum absolute atomic E-state index is 3.48. The lowest BCUT2D eigenvalue weighted by atomic mass is 9.96. The molecule has 2 rings (SSSR count). The van der Waals surface area contributed by atoms with E-state index in [2.05, 4.69) is 36.5 Å². The Morgan fingerprint density at radius 1 is 1.12 bits per heavy atom. The molecule has 0 saturated heterocycles. The monoisotopic (exact) mass is 235 g/mol. The third-order valence-electron chi connectivity index (χ3n) is 3.04. The number of hydrogen-bond donors (Lipinski definition) is 1. The summed E-state index contributed by atoms with van der Waals surface area (Å²) in [5, 5.41) is 4.95. The first-order valence-electron chi connectivity index (χ1n) is 6.58. The topological polar surface area (TPSA) is 12.0 Å². The molecule has 0 atom stereocenters. The van der Waals surface area contributed by atoms with E-state index in [1.165, 1.54) is 47.5 Å². The highest BCUT2D eigenvalue weighted by atomic mass is 28.1. The largest absolute Gasteiger partial charge is 0.314 e. The van der Waals surface area contributed by atoms with Crippen LogP contribution in [-0.4, -0.2) is 22.8 Å². The summed E-state index contributed by atoms with van der Waals surface area (Å²) in [6, 6.07) is 11.3. The van der Waals surface area contributed by atoms with Crippen molar-refractivity contribution in [2.24, 2.45) is 0 Å². The molecule has 0 radical (unpaired) electrons. The van der Waals surface area contributed by atoms with Gasteiger partial charge in [0.05, 0.1) is 0 Å². The van der Waals surface area contributed by atoms with Gasteiger partial charge in [0.2, 0.25) is 0 Å². The van der Waals surface area contributed by atoms with Crippen molar-refractivity contribution in [2.45, 2.75) is 45.1 Å². The summed E-state index contributed by atoms with van der Waals surface area (Å²) in [5.74, 6) is 0. The molecule has 2 heteroatoms. The Labute approximate surface area is 103 Å². The third-order valence-corrected chi connectivity index (χ3v) is 3.71. The average Bonchev–Trinajstić information content (AvgIpc) is 2.33. The van der Waals surface area contributed by atoms with Gasteiger partial charge in [0.1, 0.15) is 0 Å². The second-order valence-electron chi connectivity index (χ2n) is 4.55. The van der Waals surface area contributed by atoms with Crippen LogP contribution in [0.2, 0.25) is 0 Å². The molecule has 1 nitrogen and oxygen atoms in total. The Balaban J connectivity index is 0.000000165. The Kier molecular flexibility index (Phi) is 7.18. The number of rotatable bonds is 2. The molecule has 0 spiro atoms. The summed E-state index contributed by atoms with van der Waals surface area (Å²) in [4.78, 5) is 0. The predicted octanol–water partition coefficient (Wildman–Crippen LogP) is 1.61. The first kappa shape index (κ1) is 13.5. The maximum atomic E-state index is 3.48. The molecule has 90 valence electrons. The van der Waals surface area contributed by atoms with Crippen LogP contribution in [0, 0.1) is 0 Å². The van der Waals surface area contributed by atoms with Crippen LogP contribution in [0.5, 0.6) is 0 Å². The molecule has 0 unspecified atom stereocenters.